The van der Waals surface area contributed by atoms with Crippen LogP contribution < -0.4 is 24.8 Å². The minimum absolute atomic E-state index is 0.0783. The van der Waals surface area contributed by atoms with Crippen LogP contribution in [-0.4, -0.2) is 45.2 Å². The first-order chi connectivity index (χ1) is 14.1. The standard InChI is InChI=1S/C22H28N2O5/c1-3-28-19-7-4-5-8-20(19)29-16-6-9-21(25)23-14-15-24-22(26)17-10-12-18(27-2)13-11-17/h4-5,7-8,10-13H,3,6,9,14-16H2,1-2H3,(H,23,25)(H,24,26). The van der Waals surface area contributed by atoms with E-state index in [4.69, 9.17) is 14.2 Å². The monoisotopic (exact) mass is 400 g/mol. The second-order valence-electron chi connectivity index (χ2n) is 6.17. The van der Waals surface area contributed by atoms with Crippen molar-refractivity contribution in [1.82, 2.24) is 10.6 Å². The predicted octanol–water partition coefficient (Wildman–Crippen LogP) is 2.80. The molecule has 0 aromatic heterocycles. The highest BCUT2D eigenvalue weighted by molar-refractivity contribution is 5.94. The fourth-order valence-corrected chi connectivity index (χ4v) is 2.57. The molecule has 0 spiro atoms. The van der Waals surface area contributed by atoms with Gasteiger partial charge in [-0.2, -0.15) is 0 Å². The molecule has 0 aliphatic rings. The first-order valence-electron chi connectivity index (χ1n) is 9.67. The quantitative estimate of drug-likeness (QED) is 0.535. The maximum atomic E-state index is 12.0. The molecule has 0 bridgehead atoms. The van der Waals surface area contributed by atoms with Gasteiger partial charge in [0.05, 0.1) is 20.3 Å². The Morgan fingerprint density at radius 1 is 0.897 bits per heavy atom. The molecule has 0 saturated heterocycles. The van der Waals surface area contributed by atoms with Crippen LogP contribution in [0.25, 0.3) is 0 Å². The molecule has 0 aliphatic heterocycles. The van der Waals surface area contributed by atoms with Crippen LogP contribution in [0.3, 0.4) is 0 Å². The van der Waals surface area contributed by atoms with Crippen LogP contribution in [0.1, 0.15) is 30.1 Å². The normalized spacial score (nSPS) is 10.1. The summed E-state index contributed by atoms with van der Waals surface area (Å²) in [6.07, 6.45) is 0.938. The number of methoxy groups -OCH3 is 1. The van der Waals surface area contributed by atoms with E-state index in [0.717, 1.165) is 0 Å². The topological polar surface area (TPSA) is 85.9 Å². The van der Waals surface area contributed by atoms with Gasteiger partial charge in [0, 0.05) is 25.1 Å². The van der Waals surface area contributed by atoms with Gasteiger partial charge in [0.25, 0.3) is 5.91 Å². The van der Waals surface area contributed by atoms with Gasteiger partial charge in [-0.15, -0.1) is 0 Å². The lowest BCUT2D eigenvalue weighted by Gasteiger charge is -2.11. The lowest BCUT2D eigenvalue weighted by atomic mass is 10.2. The molecule has 0 aliphatic carbocycles. The van der Waals surface area contributed by atoms with Crippen molar-refractivity contribution in [3.8, 4) is 17.2 Å². The Morgan fingerprint density at radius 2 is 1.55 bits per heavy atom. The number of amides is 2. The highest BCUT2D eigenvalue weighted by atomic mass is 16.5. The molecule has 7 nitrogen and oxygen atoms in total. The lowest BCUT2D eigenvalue weighted by molar-refractivity contribution is -0.121. The number of nitrogens with one attached hydrogen (secondary N) is 2. The molecule has 0 atom stereocenters. The molecule has 2 N–H and O–H groups in total. The van der Waals surface area contributed by atoms with Gasteiger partial charge in [-0.1, -0.05) is 12.1 Å². The van der Waals surface area contributed by atoms with Gasteiger partial charge < -0.3 is 24.8 Å². The third-order valence-corrected chi connectivity index (χ3v) is 4.04. The average Bonchev–Trinajstić information content (AvgIpc) is 2.75. The third kappa shape index (κ3) is 7.73. The van der Waals surface area contributed by atoms with Crippen molar-refractivity contribution in [2.75, 3.05) is 33.4 Å². The van der Waals surface area contributed by atoms with E-state index in [9.17, 15) is 9.59 Å². The molecule has 0 radical (unpaired) electrons. The van der Waals surface area contributed by atoms with E-state index >= 15 is 0 Å². The van der Waals surface area contributed by atoms with Crippen LogP contribution in [0.5, 0.6) is 17.2 Å². The van der Waals surface area contributed by atoms with Gasteiger partial charge >= 0.3 is 0 Å². The van der Waals surface area contributed by atoms with E-state index in [1.54, 1.807) is 31.4 Å². The summed E-state index contributed by atoms with van der Waals surface area (Å²) in [5.74, 6) is 1.80. The van der Waals surface area contributed by atoms with Gasteiger partial charge in [0.15, 0.2) is 11.5 Å². The maximum Gasteiger partial charge on any atom is 0.251 e. The smallest absolute Gasteiger partial charge is 0.251 e. The summed E-state index contributed by atoms with van der Waals surface area (Å²) >= 11 is 0. The molecule has 0 unspecified atom stereocenters. The largest absolute Gasteiger partial charge is 0.497 e. The van der Waals surface area contributed by atoms with Crippen molar-refractivity contribution in [3.05, 3.63) is 54.1 Å². The average molecular weight is 400 g/mol. The van der Waals surface area contributed by atoms with E-state index in [1.807, 2.05) is 31.2 Å². The van der Waals surface area contributed by atoms with Gasteiger partial charge in [-0.3, -0.25) is 9.59 Å². The zero-order valence-corrected chi connectivity index (χ0v) is 16.9. The van der Waals surface area contributed by atoms with Gasteiger partial charge in [-0.05, 0) is 49.7 Å². The highest BCUT2D eigenvalue weighted by Crippen LogP contribution is 2.26. The second kappa shape index (κ2) is 12.3. The van der Waals surface area contributed by atoms with E-state index in [2.05, 4.69) is 10.6 Å². The van der Waals surface area contributed by atoms with Crippen LogP contribution in [-0.2, 0) is 4.79 Å². The summed E-state index contributed by atoms with van der Waals surface area (Å²) in [5, 5.41) is 5.55. The summed E-state index contributed by atoms with van der Waals surface area (Å²) < 4.78 is 16.3. The van der Waals surface area contributed by atoms with Crippen molar-refractivity contribution >= 4 is 11.8 Å². The molecule has 2 amide bonds. The third-order valence-electron chi connectivity index (χ3n) is 4.04. The fraction of sp³-hybridized carbons (Fsp3) is 0.364. The molecule has 29 heavy (non-hydrogen) atoms. The summed E-state index contributed by atoms with van der Waals surface area (Å²) in [7, 11) is 1.57. The number of hydrogen-bond donors (Lipinski definition) is 2. The SMILES string of the molecule is CCOc1ccccc1OCCCC(=O)NCCNC(=O)c1ccc(OC)cc1. The molecule has 2 rings (SSSR count). The van der Waals surface area contributed by atoms with Crippen molar-refractivity contribution in [1.29, 1.82) is 0 Å². The first-order valence-corrected chi connectivity index (χ1v) is 9.67. The number of benzene rings is 2. The van der Waals surface area contributed by atoms with Gasteiger partial charge in [-0.25, -0.2) is 0 Å². The Hall–Kier alpha value is -3.22. The van der Waals surface area contributed by atoms with Crippen LogP contribution in [0.4, 0.5) is 0 Å². The molecule has 156 valence electrons. The molecule has 0 heterocycles. The van der Waals surface area contributed by atoms with E-state index in [-0.39, 0.29) is 11.8 Å². The minimum atomic E-state index is -0.191. The summed E-state index contributed by atoms with van der Waals surface area (Å²) in [4.78, 5) is 23.9. The summed E-state index contributed by atoms with van der Waals surface area (Å²) in [5.41, 5.74) is 0.543. The zero-order chi connectivity index (χ0) is 20.9. The fourth-order valence-electron chi connectivity index (χ4n) is 2.57. The Morgan fingerprint density at radius 3 is 2.21 bits per heavy atom. The van der Waals surface area contributed by atoms with Crippen molar-refractivity contribution < 1.29 is 23.8 Å². The van der Waals surface area contributed by atoms with Gasteiger partial charge in [0.2, 0.25) is 5.91 Å². The van der Waals surface area contributed by atoms with Crippen molar-refractivity contribution in [3.63, 3.8) is 0 Å². The van der Waals surface area contributed by atoms with Gasteiger partial charge in [0.1, 0.15) is 5.75 Å². The Balaban J connectivity index is 1.58. The molecular formula is C22H28N2O5. The van der Waals surface area contributed by atoms with Crippen molar-refractivity contribution in [2.45, 2.75) is 19.8 Å². The zero-order valence-electron chi connectivity index (χ0n) is 16.9. The lowest BCUT2D eigenvalue weighted by Crippen LogP contribution is -2.34. The van der Waals surface area contributed by atoms with E-state index in [1.165, 1.54) is 0 Å². The number of para-hydroxylation sites is 2. The highest BCUT2D eigenvalue weighted by Gasteiger charge is 2.07. The maximum absolute atomic E-state index is 12.0. The second-order valence-corrected chi connectivity index (χ2v) is 6.17. The number of ether oxygens (including phenoxy) is 3. The molecule has 7 heteroatoms. The number of hydrogen-bond acceptors (Lipinski definition) is 5. The number of carbonyl (C=O) groups is 2. The molecule has 2 aromatic carbocycles. The van der Waals surface area contributed by atoms with Crippen LogP contribution in [0.15, 0.2) is 48.5 Å². The van der Waals surface area contributed by atoms with E-state index in [0.29, 0.717) is 62.0 Å². The Kier molecular flexibility index (Phi) is 9.35. The molecule has 0 fully saturated rings. The molecule has 0 saturated carbocycles. The van der Waals surface area contributed by atoms with Crippen LogP contribution >= 0.6 is 0 Å². The van der Waals surface area contributed by atoms with Crippen molar-refractivity contribution in [2.24, 2.45) is 0 Å². The Labute approximate surface area is 171 Å². The molecule has 2 aromatic rings. The first kappa shape index (κ1) is 22.1. The van der Waals surface area contributed by atoms with Crippen LogP contribution in [0, 0.1) is 0 Å². The van der Waals surface area contributed by atoms with Crippen LogP contribution in [0.2, 0.25) is 0 Å². The summed E-state index contributed by atoms with van der Waals surface area (Å²) in [6, 6.07) is 14.3. The number of carbonyl (C=O) groups excluding carboxylic acids is 2. The van der Waals surface area contributed by atoms with E-state index < -0.39 is 0 Å². The molecular weight excluding hydrogens is 372 g/mol. The predicted molar refractivity (Wildman–Crippen MR) is 111 cm³/mol. The Bertz CT molecular complexity index is 777. The summed E-state index contributed by atoms with van der Waals surface area (Å²) in [6.45, 7) is 3.63. The number of rotatable bonds is 12. The minimum Gasteiger partial charge on any atom is -0.497 e.